The molecule has 1 N–H and O–H groups in total. The van der Waals surface area contributed by atoms with Crippen LogP contribution in [-0.2, 0) is 0 Å². The molecule has 2 heteroatoms. The summed E-state index contributed by atoms with van der Waals surface area (Å²) in [5.74, 6) is 0.597. The smallest absolute Gasteiger partial charge is 0.0992 e. The molecule has 2 nitrogen and oxygen atoms in total. The average molecular weight is 246 g/mol. The summed E-state index contributed by atoms with van der Waals surface area (Å²) < 4.78 is 0. The fourth-order valence-electron chi connectivity index (χ4n) is 0.360. The highest BCUT2D eigenvalue weighted by Crippen LogP contribution is 1.87. The van der Waals surface area contributed by atoms with Crippen LogP contribution < -0.4 is 0 Å². The molecule has 0 fully saturated rings. The highest BCUT2D eigenvalue weighted by atomic mass is 15.1. The van der Waals surface area contributed by atoms with E-state index in [1.807, 2.05) is 55.5 Å². The van der Waals surface area contributed by atoms with Gasteiger partial charge >= 0.3 is 0 Å². The fraction of sp³-hybridized carbons (Fsp3) is 0.800. The van der Waals surface area contributed by atoms with E-state index in [0.29, 0.717) is 5.84 Å². The van der Waals surface area contributed by atoms with Crippen molar-refractivity contribution in [2.45, 2.75) is 75.2 Å². The molecule has 108 valence electrons. The van der Waals surface area contributed by atoms with Crippen molar-refractivity contribution in [3.05, 3.63) is 12.8 Å². The van der Waals surface area contributed by atoms with E-state index in [0.717, 1.165) is 6.42 Å². The van der Waals surface area contributed by atoms with Crippen LogP contribution in [0.25, 0.3) is 0 Å². The lowest BCUT2D eigenvalue weighted by Crippen LogP contribution is -2.17. The summed E-state index contributed by atoms with van der Waals surface area (Å²) in [5.41, 5.74) is 0. The van der Waals surface area contributed by atoms with Gasteiger partial charge in [0.1, 0.15) is 0 Å². The zero-order chi connectivity index (χ0) is 15.3. The van der Waals surface area contributed by atoms with Crippen LogP contribution in [0.1, 0.15) is 75.2 Å². The monoisotopic (exact) mass is 246 g/mol. The lowest BCUT2D eigenvalue weighted by molar-refractivity contribution is 0.665. The quantitative estimate of drug-likeness (QED) is 0.473. The van der Waals surface area contributed by atoms with Crippen molar-refractivity contribution in [3.8, 4) is 0 Å². The van der Waals surface area contributed by atoms with Gasteiger partial charge in [-0.15, -0.1) is 0 Å². The molecule has 0 saturated heterocycles. The van der Waals surface area contributed by atoms with E-state index in [1.165, 1.54) is 6.42 Å². The predicted octanol–water partition coefficient (Wildman–Crippen LogP) is 5.94. The molecule has 0 unspecified atom stereocenters. The molecule has 0 aliphatic heterocycles. The first-order valence-electron chi connectivity index (χ1n) is 7.06. The van der Waals surface area contributed by atoms with Gasteiger partial charge in [0.05, 0.1) is 5.84 Å². The Morgan fingerprint density at radius 2 is 1.24 bits per heavy atom. The van der Waals surface area contributed by atoms with E-state index in [2.05, 4.69) is 20.4 Å². The molecule has 17 heavy (non-hydrogen) atoms. The van der Waals surface area contributed by atoms with Gasteiger partial charge in [0.2, 0.25) is 0 Å². The normalized spacial score (nSPS) is 6.00. The summed E-state index contributed by atoms with van der Waals surface area (Å²) in [7, 11) is 1.82. The van der Waals surface area contributed by atoms with Gasteiger partial charge in [0.15, 0.2) is 0 Å². The molecular weight excluding hydrogens is 208 g/mol. The molecule has 0 aromatic rings. The standard InChI is InChI=1S/C6H12N2.C3H8.3C2H6/c1-4-6(7)8(3)5-2;1-3-2;3*1-2/h5,7H,2,4H2,1,3H3;3H2,1-2H3;3*1-2H3. The number of hydrogen-bond donors (Lipinski definition) is 1. The third-order valence-corrected chi connectivity index (χ3v) is 1.03. The number of hydrogen-bond acceptors (Lipinski definition) is 1. The Morgan fingerprint density at radius 3 is 1.29 bits per heavy atom. The largest absolute Gasteiger partial charge is 0.341 e. The van der Waals surface area contributed by atoms with Crippen LogP contribution in [-0.4, -0.2) is 17.8 Å². The summed E-state index contributed by atoms with van der Waals surface area (Å²) in [6.07, 6.45) is 3.65. The summed E-state index contributed by atoms with van der Waals surface area (Å²) in [4.78, 5) is 1.69. The van der Waals surface area contributed by atoms with Crippen molar-refractivity contribution in [2.24, 2.45) is 0 Å². The van der Waals surface area contributed by atoms with Gasteiger partial charge < -0.3 is 4.90 Å². The fourth-order valence-corrected chi connectivity index (χ4v) is 0.360. The van der Waals surface area contributed by atoms with Crippen molar-refractivity contribution in [1.29, 1.82) is 5.41 Å². The van der Waals surface area contributed by atoms with Gasteiger partial charge in [-0.25, -0.2) is 0 Å². The van der Waals surface area contributed by atoms with E-state index in [4.69, 9.17) is 5.41 Å². The average Bonchev–Trinajstić information content (AvgIpc) is 2.44. The zero-order valence-corrected chi connectivity index (χ0v) is 14.1. The first-order valence-corrected chi connectivity index (χ1v) is 7.06. The van der Waals surface area contributed by atoms with Crippen molar-refractivity contribution in [1.82, 2.24) is 4.90 Å². The van der Waals surface area contributed by atoms with Gasteiger partial charge in [0.25, 0.3) is 0 Å². The Hall–Kier alpha value is -0.790. The van der Waals surface area contributed by atoms with Crippen LogP contribution in [0.5, 0.6) is 0 Å². The molecule has 0 spiro atoms. The van der Waals surface area contributed by atoms with Gasteiger partial charge in [-0.1, -0.05) is 75.3 Å². The molecule has 0 aliphatic carbocycles. The molecule has 0 bridgehead atoms. The first kappa shape index (κ1) is 29.8. The van der Waals surface area contributed by atoms with E-state index in [9.17, 15) is 0 Å². The lowest BCUT2D eigenvalue weighted by Gasteiger charge is -2.11. The lowest BCUT2D eigenvalue weighted by atomic mass is 10.4. The molecule has 0 amide bonds. The summed E-state index contributed by atoms with van der Waals surface area (Å²) in [5, 5.41) is 7.20. The molecule has 0 aliphatic rings. The molecule has 0 aromatic heterocycles. The second kappa shape index (κ2) is 45.6. The molecule has 0 rings (SSSR count). The van der Waals surface area contributed by atoms with Gasteiger partial charge in [-0.05, 0) is 6.20 Å². The van der Waals surface area contributed by atoms with E-state index >= 15 is 0 Å². The Bertz CT molecular complexity index is 109. The van der Waals surface area contributed by atoms with Crippen LogP contribution in [0, 0.1) is 5.41 Å². The molecule has 0 atom stereocenters. The Labute approximate surface area is 112 Å². The van der Waals surface area contributed by atoms with Crippen molar-refractivity contribution in [3.63, 3.8) is 0 Å². The summed E-state index contributed by atoms with van der Waals surface area (Å²) in [6.45, 7) is 21.7. The van der Waals surface area contributed by atoms with E-state index in [1.54, 1.807) is 11.1 Å². The van der Waals surface area contributed by atoms with Crippen molar-refractivity contribution in [2.75, 3.05) is 7.05 Å². The molecule has 0 radical (unpaired) electrons. The predicted molar refractivity (Wildman–Crippen MR) is 86.0 cm³/mol. The van der Waals surface area contributed by atoms with E-state index in [-0.39, 0.29) is 0 Å². The Morgan fingerprint density at radius 1 is 1.00 bits per heavy atom. The minimum absolute atomic E-state index is 0.597. The maximum atomic E-state index is 7.20. The molecule has 0 saturated carbocycles. The van der Waals surface area contributed by atoms with Crippen LogP contribution in [0.3, 0.4) is 0 Å². The third kappa shape index (κ3) is 51.1. The minimum Gasteiger partial charge on any atom is -0.341 e. The second-order valence-electron chi connectivity index (χ2n) is 2.30. The third-order valence-electron chi connectivity index (χ3n) is 1.03. The number of nitrogens with zero attached hydrogens (tertiary/aromatic N) is 1. The van der Waals surface area contributed by atoms with Crippen LogP contribution >= 0.6 is 0 Å². The molecule has 0 heterocycles. The number of amidine groups is 1. The van der Waals surface area contributed by atoms with Gasteiger partial charge in [-0.3, -0.25) is 5.41 Å². The number of rotatable bonds is 2. The van der Waals surface area contributed by atoms with Crippen LogP contribution in [0.4, 0.5) is 0 Å². The topological polar surface area (TPSA) is 27.1 Å². The van der Waals surface area contributed by atoms with Crippen LogP contribution in [0.2, 0.25) is 0 Å². The molecular formula is C15H38N2. The molecule has 0 aromatic carbocycles. The SMILES string of the molecule is C=CN(C)C(=N)CC.CC.CC.CC.CCC. The highest BCUT2D eigenvalue weighted by Gasteiger charge is 1.92. The maximum Gasteiger partial charge on any atom is 0.0992 e. The van der Waals surface area contributed by atoms with Crippen LogP contribution in [0.15, 0.2) is 12.8 Å². The Kier molecular flexibility index (Phi) is 80.0. The summed E-state index contributed by atoms with van der Waals surface area (Å²) in [6, 6.07) is 0. The van der Waals surface area contributed by atoms with Crippen molar-refractivity contribution < 1.29 is 0 Å². The zero-order valence-electron chi connectivity index (χ0n) is 14.1. The number of nitrogens with one attached hydrogen (secondary N) is 1. The Balaban J connectivity index is -0.0000000448. The second-order valence-corrected chi connectivity index (χ2v) is 2.30. The minimum atomic E-state index is 0.597. The maximum absolute atomic E-state index is 7.20. The van der Waals surface area contributed by atoms with Gasteiger partial charge in [-0.2, -0.15) is 0 Å². The summed E-state index contributed by atoms with van der Waals surface area (Å²) >= 11 is 0. The van der Waals surface area contributed by atoms with E-state index < -0.39 is 0 Å². The first-order chi connectivity index (χ1) is 8.13. The van der Waals surface area contributed by atoms with Crippen molar-refractivity contribution >= 4 is 5.84 Å². The van der Waals surface area contributed by atoms with Gasteiger partial charge in [0, 0.05) is 13.5 Å². The highest BCUT2D eigenvalue weighted by molar-refractivity contribution is 5.79.